The first-order valence-electron chi connectivity index (χ1n) is 3.43. The molecule has 0 aromatic carbocycles. The second-order valence-electron chi connectivity index (χ2n) is 2.66. The van der Waals surface area contributed by atoms with Crippen LogP contribution in [0.1, 0.15) is 11.1 Å². The van der Waals surface area contributed by atoms with Gasteiger partial charge in [-0.15, -0.1) is 0 Å². The van der Waals surface area contributed by atoms with Crippen LogP contribution < -0.4 is 0 Å². The average molecular weight is 266 g/mol. The van der Waals surface area contributed by atoms with Gasteiger partial charge in [-0.25, -0.2) is 4.98 Å². The van der Waals surface area contributed by atoms with E-state index in [4.69, 9.17) is 4.55 Å². The van der Waals surface area contributed by atoms with E-state index in [9.17, 15) is 8.42 Å². The number of halogens is 1. The maximum atomic E-state index is 10.9. The number of nitrogens with zero attached hydrogens (tertiary/aromatic N) is 1. The molecule has 0 radical (unpaired) electrons. The minimum Gasteiger partial charge on any atom is -0.282 e. The number of aromatic nitrogens is 1. The molecule has 13 heavy (non-hydrogen) atoms. The fraction of sp³-hybridized carbons (Fsp3) is 0.286. The summed E-state index contributed by atoms with van der Waals surface area (Å²) in [7, 11) is -4.16. The summed E-state index contributed by atoms with van der Waals surface area (Å²) >= 11 is 3.09. The number of rotatable bonds is 1. The highest BCUT2D eigenvalue weighted by molar-refractivity contribution is 9.10. The van der Waals surface area contributed by atoms with E-state index < -0.39 is 10.1 Å². The Morgan fingerprint density at radius 1 is 1.46 bits per heavy atom. The normalized spacial score (nSPS) is 11.7. The molecule has 0 aliphatic carbocycles. The molecule has 1 heterocycles. The van der Waals surface area contributed by atoms with Crippen LogP contribution in [0.5, 0.6) is 0 Å². The summed E-state index contributed by atoms with van der Waals surface area (Å²) in [5.74, 6) is 0. The monoisotopic (exact) mass is 265 g/mol. The summed E-state index contributed by atoms with van der Waals surface area (Å²) in [5.41, 5.74) is 0.853. The van der Waals surface area contributed by atoms with Gasteiger partial charge in [0.15, 0.2) is 0 Å². The van der Waals surface area contributed by atoms with Crippen molar-refractivity contribution >= 4 is 26.0 Å². The maximum Gasteiger partial charge on any atom is 0.295 e. The van der Waals surface area contributed by atoms with Crippen LogP contribution in [0.2, 0.25) is 0 Å². The fourth-order valence-electron chi connectivity index (χ4n) is 1.10. The van der Waals surface area contributed by atoms with Gasteiger partial charge in [0, 0.05) is 11.8 Å². The summed E-state index contributed by atoms with van der Waals surface area (Å²) < 4.78 is 31.2. The Labute approximate surface area is 84.9 Å². The molecule has 6 heteroatoms. The second kappa shape index (κ2) is 3.36. The molecule has 1 aromatic rings. The Morgan fingerprint density at radius 2 is 2.00 bits per heavy atom. The molecule has 0 atom stereocenters. The topological polar surface area (TPSA) is 67.3 Å². The third-order valence-corrected chi connectivity index (χ3v) is 3.58. The summed E-state index contributed by atoms with van der Waals surface area (Å²) in [6, 6.07) is 0. The Kier molecular flexibility index (Phi) is 2.74. The lowest BCUT2D eigenvalue weighted by Crippen LogP contribution is -2.05. The number of hydrogen-bond donors (Lipinski definition) is 1. The fourth-order valence-corrected chi connectivity index (χ4v) is 2.47. The molecule has 1 rings (SSSR count). The molecule has 0 aliphatic heterocycles. The van der Waals surface area contributed by atoms with Crippen LogP contribution in [-0.2, 0) is 10.1 Å². The quantitative estimate of drug-likeness (QED) is 0.620. The molecule has 72 valence electrons. The van der Waals surface area contributed by atoms with E-state index in [1.165, 1.54) is 6.20 Å². The van der Waals surface area contributed by atoms with Crippen molar-refractivity contribution in [3.63, 3.8) is 0 Å². The zero-order valence-corrected chi connectivity index (χ0v) is 9.48. The van der Waals surface area contributed by atoms with Gasteiger partial charge >= 0.3 is 0 Å². The highest BCUT2D eigenvalue weighted by atomic mass is 79.9. The van der Waals surface area contributed by atoms with Gasteiger partial charge in [0.25, 0.3) is 10.1 Å². The highest BCUT2D eigenvalue weighted by Gasteiger charge is 2.18. The first-order chi connectivity index (χ1) is 5.84. The van der Waals surface area contributed by atoms with Gasteiger partial charge in [-0.3, -0.25) is 4.55 Å². The zero-order chi connectivity index (χ0) is 10.2. The lowest BCUT2D eigenvalue weighted by atomic mass is 10.2. The van der Waals surface area contributed by atoms with Gasteiger partial charge in [-0.1, -0.05) is 0 Å². The van der Waals surface area contributed by atoms with E-state index in [1.54, 1.807) is 13.8 Å². The summed E-state index contributed by atoms with van der Waals surface area (Å²) in [4.78, 5) is 3.82. The Hall–Kier alpha value is -0.460. The molecular weight excluding hydrogens is 258 g/mol. The van der Waals surface area contributed by atoms with Crippen LogP contribution >= 0.6 is 15.9 Å². The van der Waals surface area contributed by atoms with Gasteiger partial charge in [-0.2, -0.15) is 8.42 Å². The van der Waals surface area contributed by atoms with E-state index >= 15 is 0 Å². The largest absolute Gasteiger partial charge is 0.295 e. The minimum absolute atomic E-state index is 0.0747. The molecular formula is C7H8BrNO3S. The van der Waals surface area contributed by atoms with E-state index in [1.807, 2.05) is 0 Å². The summed E-state index contributed by atoms with van der Waals surface area (Å²) in [6.07, 6.45) is 1.39. The van der Waals surface area contributed by atoms with E-state index in [0.29, 0.717) is 15.7 Å². The number of hydrogen-bond acceptors (Lipinski definition) is 3. The SMILES string of the molecule is Cc1cnc(Br)c(C)c1S(=O)(=O)O. The maximum absolute atomic E-state index is 10.9. The van der Waals surface area contributed by atoms with Gasteiger partial charge in [0.05, 0.1) is 0 Å². The van der Waals surface area contributed by atoms with Crippen molar-refractivity contribution in [3.8, 4) is 0 Å². The Balaban J connectivity index is 3.62. The van der Waals surface area contributed by atoms with Crippen LogP contribution in [0.25, 0.3) is 0 Å². The second-order valence-corrected chi connectivity index (χ2v) is 4.77. The van der Waals surface area contributed by atoms with Gasteiger partial charge in [-0.05, 0) is 35.3 Å². The molecule has 1 N–H and O–H groups in total. The number of aryl methyl sites for hydroxylation is 1. The van der Waals surface area contributed by atoms with Crippen molar-refractivity contribution in [2.45, 2.75) is 18.7 Å². The van der Waals surface area contributed by atoms with Crippen molar-refractivity contribution in [1.82, 2.24) is 4.98 Å². The first kappa shape index (κ1) is 10.6. The summed E-state index contributed by atoms with van der Waals surface area (Å²) in [5, 5.41) is 0. The van der Waals surface area contributed by atoms with Crippen LogP contribution in [0.15, 0.2) is 15.7 Å². The van der Waals surface area contributed by atoms with Crippen LogP contribution in [-0.4, -0.2) is 18.0 Å². The first-order valence-corrected chi connectivity index (χ1v) is 5.66. The third-order valence-electron chi connectivity index (χ3n) is 1.64. The summed E-state index contributed by atoms with van der Waals surface area (Å²) in [6.45, 7) is 3.16. The molecule has 0 aliphatic rings. The molecule has 0 saturated carbocycles. The Bertz CT molecular complexity index is 441. The molecule has 0 saturated heterocycles. The van der Waals surface area contributed by atoms with E-state index in [-0.39, 0.29) is 4.90 Å². The van der Waals surface area contributed by atoms with Gasteiger partial charge in [0.2, 0.25) is 0 Å². The Morgan fingerprint density at radius 3 is 2.38 bits per heavy atom. The predicted molar refractivity (Wildman–Crippen MR) is 51.2 cm³/mol. The van der Waals surface area contributed by atoms with E-state index in [0.717, 1.165) is 0 Å². The molecule has 0 bridgehead atoms. The van der Waals surface area contributed by atoms with Crippen molar-refractivity contribution in [3.05, 3.63) is 21.9 Å². The molecule has 0 amide bonds. The van der Waals surface area contributed by atoms with Crippen LogP contribution in [0.4, 0.5) is 0 Å². The van der Waals surface area contributed by atoms with Crippen LogP contribution in [0.3, 0.4) is 0 Å². The van der Waals surface area contributed by atoms with Crippen molar-refractivity contribution in [2.75, 3.05) is 0 Å². The van der Waals surface area contributed by atoms with Crippen molar-refractivity contribution < 1.29 is 13.0 Å². The molecule has 0 fully saturated rings. The molecule has 0 spiro atoms. The molecule has 1 aromatic heterocycles. The highest BCUT2D eigenvalue weighted by Crippen LogP contribution is 2.23. The third kappa shape index (κ3) is 2.07. The average Bonchev–Trinajstić information content (AvgIpc) is 1.95. The smallest absolute Gasteiger partial charge is 0.282 e. The van der Waals surface area contributed by atoms with Gasteiger partial charge in [0.1, 0.15) is 9.50 Å². The lowest BCUT2D eigenvalue weighted by molar-refractivity contribution is 0.481. The predicted octanol–water partition coefficient (Wildman–Crippen LogP) is 1.71. The standard InChI is InChI=1S/C7H8BrNO3S/c1-4-3-9-7(8)5(2)6(4)13(10,11)12/h3H,1-2H3,(H,10,11,12). The minimum atomic E-state index is -4.16. The van der Waals surface area contributed by atoms with Gasteiger partial charge < -0.3 is 0 Å². The number of pyridine rings is 1. The van der Waals surface area contributed by atoms with Crippen LogP contribution in [0, 0.1) is 13.8 Å². The zero-order valence-electron chi connectivity index (χ0n) is 7.07. The van der Waals surface area contributed by atoms with Crippen molar-refractivity contribution in [2.24, 2.45) is 0 Å². The molecule has 4 nitrogen and oxygen atoms in total. The molecule has 0 unspecified atom stereocenters. The van der Waals surface area contributed by atoms with E-state index in [2.05, 4.69) is 20.9 Å². The van der Waals surface area contributed by atoms with Crippen molar-refractivity contribution in [1.29, 1.82) is 0 Å². The lowest BCUT2D eigenvalue weighted by Gasteiger charge is -2.06.